The molecule has 1 aromatic carbocycles. The molecule has 3 N–H and O–H groups in total. The summed E-state index contributed by atoms with van der Waals surface area (Å²) >= 11 is 0. The molecular weight excluding hydrogens is 178 g/mol. The van der Waals surface area contributed by atoms with Crippen LogP contribution in [0.1, 0.15) is 11.1 Å². The van der Waals surface area contributed by atoms with Crippen molar-refractivity contribution in [3.05, 3.63) is 29.3 Å². The van der Waals surface area contributed by atoms with Crippen molar-refractivity contribution in [2.75, 3.05) is 18.5 Å². The van der Waals surface area contributed by atoms with Gasteiger partial charge in [0.05, 0.1) is 12.7 Å². The normalized spacial score (nSPS) is 12.6. The first-order chi connectivity index (χ1) is 6.61. The van der Waals surface area contributed by atoms with Gasteiger partial charge in [-0.15, -0.1) is 0 Å². The second kappa shape index (κ2) is 4.98. The van der Waals surface area contributed by atoms with E-state index >= 15 is 0 Å². The number of aryl methyl sites for hydroxylation is 2. The average molecular weight is 195 g/mol. The maximum atomic E-state index is 9.15. The summed E-state index contributed by atoms with van der Waals surface area (Å²) < 4.78 is 0. The molecule has 1 unspecified atom stereocenters. The summed E-state index contributed by atoms with van der Waals surface area (Å²) in [7, 11) is 0. The Morgan fingerprint density at radius 2 is 1.79 bits per heavy atom. The Morgan fingerprint density at radius 3 is 2.29 bits per heavy atom. The van der Waals surface area contributed by atoms with Gasteiger partial charge in [0.25, 0.3) is 0 Å². The van der Waals surface area contributed by atoms with E-state index in [-0.39, 0.29) is 6.61 Å². The van der Waals surface area contributed by atoms with Crippen LogP contribution >= 0.6 is 0 Å². The van der Waals surface area contributed by atoms with Crippen molar-refractivity contribution in [3.8, 4) is 0 Å². The third kappa shape index (κ3) is 3.36. The van der Waals surface area contributed by atoms with E-state index in [1.807, 2.05) is 26.0 Å². The molecule has 0 saturated heterocycles. The van der Waals surface area contributed by atoms with E-state index in [0.717, 1.165) is 5.69 Å². The third-order valence-corrected chi connectivity index (χ3v) is 1.97. The fourth-order valence-corrected chi connectivity index (χ4v) is 1.38. The minimum atomic E-state index is -0.698. The zero-order valence-corrected chi connectivity index (χ0v) is 8.62. The highest BCUT2D eigenvalue weighted by atomic mass is 16.3. The minimum absolute atomic E-state index is 0.211. The van der Waals surface area contributed by atoms with E-state index in [1.165, 1.54) is 11.1 Å². The minimum Gasteiger partial charge on any atom is -0.394 e. The first-order valence-electron chi connectivity index (χ1n) is 4.73. The van der Waals surface area contributed by atoms with Crippen molar-refractivity contribution in [2.24, 2.45) is 0 Å². The SMILES string of the molecule is Cc1cc(C)cc(NCC(O)CO)c1. The fraction of sp³-hybridized carbons (Fsp3) is 0.455. The van der Waals surface area contributed by atoms with Crippen LogP contribution in [0.2, 0.25) is 0 Å². The summed E-state index contributed by atoms with van der Waals surface area (Å²) in [6.45, 7) is 4.22. The molecule has 1 rings (SSSR count). The predicted octanol–water partition coefficient (Wildman–Crippen LogP) is 1.07. The number of benzene rings is 1. The molecule has 0 heterocycles. The van der Waals surface area contributed by atoms with E-state index in [0.29, 0.717) is 6.54 Å². The highest BCUT2D eigenvalue weighted by Gasteiger charge is 2.01. The Kier molecular flexibility index (Phi) is 3.92. The van der Waals surface area contributed by atoms with Crippen LogP contribution < -0.4 is 5.32 Å². The van der Waals surface area contributed by atoms with Crippen molar-refractivity contribution in [2.45, 2.75) is 20.0 Å². The van der Waals surface area contributed by atoms with Gasteiger partial charge in [0.15, 0.2) is 0 Å². The Labute approximate surface area is 84.4 Å². The van der Waals surface area contributed by atoms with Gasteiger partial charge in [0.2, 0.25) is 0 Å². The van der Waals surface area contributed by atoms with E-state index in [9.17, 15) is 0 Å². The van der Waals surface area contributed by atoms with Crippen molar-refractivity contribution in [1.82, 2.24) is 0 Å². The predicted molar refractivity (Wildman–Crippen MR) is 57.5 cm³/mol. The monoisotopic (exact) mass is 195 g/mol. The number of anilines is 1. The summed E-state index contributed by atoms with van der Waals surface area (Å²) in [5.41, 5.74) is 3.35. The quantitative estimate of drug-likeness (QED) is 0.673. The van der Waals surface area contributed by atoms with Gasteiger partial charge in [0, 0.05) is 12.2 Å². The molecule has 0 spiro atoms. The average Bonchev–Trinajstić information content (AvgIpc) is 2.12. The van der Waals surface area contributed by atoms with Crippen LogP contribution in [0.3, 0.4) is 0 Å². The van der Waals surface area contributed by atoms with Gasteiger partial charge in [-0.3, -0.25) is 0 Å². The molecule has 78 valence electrons. The van der Waals surface area contributed by atoms with E-state index < -0.39 is 6.10 Å². The molecule has 3 heteroatoms. The lowest BCUT2D eigenvalue weighted by Crippen LogP contribution is -2.22. The molecule has 0 radical (unpaired) electrons. The van der Waals surface area contributed by atoms with Gasteiger partial charge in [-0.25, -0.2) is 0 Å². The van der Waals surface area contributed by atoms with E-state index in [2.05, 4.69) is 11.4 Å². The van der Waals surface area contributed by atoms with Crippen LogP contribution in [-0.2, 0) is 0 Å². The molecule has 14 heavy (non-hydrogen) atoms. The van der Waals surface area contributed by atoms with Gasteiger partial charge < -0.3 is 15.5 Å². The second-order valence-electron chi connectivity index (χ2n) is 3.59. The Bertz CT molecular complexity index is 279. The highest BCUT2D eigenvalue weighted by molar-refractivity contribution is 5.48. The Morgan fingerprint density at radius 1 is 1.21 bits per heavy atom. The number of hydrogen-bond acceptors (Lipinski definition) is 3. The van der Waals surface area contributed by atoms with Gasteiger partial charge in [-0.05, 0) is 37.1 Å². The molecule has 0 fully saturated rings. The lowest BCUT2D eigenvalue weighted by molar-refractivity contribution is 0.105. The third-order valence-electron chi connectivity index (χ3n) is 1.97. The Hall–Kier alpha value is -1.06. The largest absolute Gasteiger partial charge is 0.394 e. The number of rotatable bonds is 4. The summed E-state index contributed by atoms with van der Waals surface area (Å²) in [4.78, 5) is 0. The summed E-state index contributed by atoms with van der Waals surface area (Å²) in [6, 6.07) is 6.11. The molecule has 1 aromatic rings. The summed E-state index contributed by atoms with van der Waals surface area (Å²) in [6.07, 6.45) is -0.698. The lowest BCUT2D eigenvalue weighted by atomic mass is 10.1. The second-order valence-corrected chi connectivity index (χ2v) is 3.59. The maximum Gasteiger partial charge on any atom is 0.0942 e. The number of aliphatic hydroxyl groups excluding tert-OH is 2. The van der Waals surface area contributed by atoms with Crippen molar-refractivity contribution in [1.29, 1.82) is 0 Å². The molecular formula is C11H17NO2. The molecule has 0 amide bonds. The Balaban J connectivity index is 2.58. The van der Waals surface area contributed by atoms with Gasteiger partial charge >= 0.3 is 0 Å². The van der Waals surface area contributed by atoms with Crippen LogP contribution in [0.15, 0.2) is 18.2 Å². The van der Waals surface area contributed by atoms with Gasteiger partial charge in [-0.2, -0.15) is 0 Å². The smallest absolute Gasteiger partial charge is 0.0942 e. The molecule has 0 saturated carbocycles. The van der Waals surface area contributed by atoms with Gasteiger partial charge in [-0.1, -0.05) is 6.07 Å². The van der Waals surface area contributed by atoms with E-state index in [1.54, 1.807) is 0 Å². The van der Waals surface area contributed by atoms with Crippen molar-refractivity contribution < 1.29 is 10.2 Å². The van der Waals surface area contributed by atoms with Crippen LogP contribution in [0.25, 0.3) is 0 Å². The standard InChI is InChI=1S/C11H17NO2/c1-8-3-9(2)5-10(4-8)12-6-11(14)7-13/h3-5,11-14H,6-7H2,1-2H3. The van der Waals surface area contributed by atoms with Gasteiger partial charge in [0.1, 0.15) is 0 Å². The van der Waals surface area contributed by atoms with Crippen LogP contribution in [0, 0.1) is 13.8 Å². The fourth-order valence-electron chi connectivity index (χ4n) is 1.38. The molecule has 0 aliphatic carbocycles. The van der Waals surface area contributed by atoms with E-state index in [4.69, 9.17) is 10.2 Å². The molecule has 0 aliphatic rings. The molecule has 0 aromatic heterocycles. The first kappa shape index (κ1) is 11.0. The first-order valence-corrected chi connectivity index (χ1v) is 4.73. The maximum absolute atomic E-state index is 9.15. The molecule has 0 aliphatic heterocycles. The van der Waals surface area contributed by atoms with Crippen molar-refractivity contribution >= 4 is 5.69 Å². The van der Waals surface area contributed by atoms with Crippen LogP contribution in [0.5, 0.6) is 0 Å². The van der Waals surface area contributed by atoms with Crippen LogP contribution in [0.4, 0.5) is 5.69 Å². The zero-order valence-electron chi connectivity index (χ0n) is 8.62. The zero-order chi connectivity index (χ0) is 10.6. The lowest BCUT2D eigenvalue weighted by Gasteiger charge is -2.11. The number of hydrogen-bond donors (Lipinski definition) is 3. The highest BCUT2D eigenvalue weighted by Crippen LogP contribution is 2.13. The molecule has 1 atom stereocenters. The van der Waals surface area contributed by atoms with Crippen molar-refractivity contribution in [3.63, 3.8) is 0 Å². The van der Waals surface area contributed by atoms with Crippen LogP contribution in [-0.4, -0.2) is 29.5 Å². The summed E-state index contributed by atoms with van der Waals surface area (Å²) in [5, 5.41) is 20.8. The molecule has 3 nitrogen and oxygen atoms in total. The summed E-state index contributed by atoms with van der Waals surface area (Å²) in [5.74, 6) is 0. The number of aliphatic hydroxyl groups is 2. The number of nitrogens with one attached hydrogen (secondary N) is 1. The topological polar surface area (TPSA) is 52.5 Å². The molecule has 0 bridgehead atoms.